The number of para-hydroxylation sites is 2. The predicted octanol–water partition coefficient (Wildman–Crippen LogP) is 13.5. The van der Waals surface area contributed by atoms with E-state index in [1.54, 1.807) is 0 Å². The van der Waals surface area contributed by atoms with Gasteiger partial charge in [-0.3, -0.25) is 0 Å². The number of rotatable bonds is 6. The molecular formula is C47H36N2S2. The van der Waals surface area contributed by atoms with Crippen LogP contribution in [0.5, 0.6) is 0 Å². The fourth-order valence-electron chi connectivity index (χ4n) is 8.24. The quantitative estimate of drug-likeness (QED) is 0.171. The molecular weight excluding hydrogens is 657 g/mol. The summed E-state index contributed by atoms with van der Waals surface area (Å²) in [7, 11) is 0. The Kier molecular flexibility index (Phi) is 7.13. The maximum atomic E-state index is 2.58. The highest BCUT2D eigenvalue weighted by Crippen LogP contribution is 2.52. The molecule has 0 saturated carbocycles. The Bertz CT molecular complexity index is 2610. The second-order valence-corrected chi connectivity index (χ2v) is 16.3. The average Bonchev–Trinajstić information content (AvgIpc) is 3.95. The Balaban J connectivity index is 1.04. The monoisotopic (exact) mass is 692 g/mol. The largest absolute Gasteiger partial charge is 0.328 e. The van der Waals surface area contributed by atoms with Crippen molar-refractivity contribution in [1.29, 1.82) is 0 Å². The first-order chi connectivity index (χ1) is 25.0. The van der Waals surface area contributed by atoms with E-state index in [-0.39, 0.29) is 10.8 Å². The van der Waals surface area contributed by atoms with Crippen molar-refractivity contribution in [2.75, 3.05) is 4.90 Å². The van der Waals surface area contributed by atoms with E-state index >= 15 is 0 Å². The van der Waals surface area contributed by atoms with Crippen LogP contribution in [0.1, 0.15) is 36.3 Å². The van der Waals surface area contributed by atoms with Gasteiger partial charge in [-0.15, -0.1) is 11.3 Å². The molecule has 2 aromatic heterocycles. The number of thioether (sulfide) groups is 1. The smallest absolute Gasteiger partial charge is 0.0880 e. The van der Waals surface area contributed by atoms with E-state index in [0.29, 0.717) is 0 Å². The average molecular weight is 693 g/mol. The van der Waals surface area contributed by atoms with Crippen molar-refractivity contribution in [2.45, 2.75) is 31.1 Å². The highest BCUT2D eigenvalue weighted by atomic mass is 32.2. The third kappa shape index (κ3) is 4.92. The first-order valence-corrected chi connectivity index (χ1v) is 19.4. The maximum Gasteiger partial charge on any atom is 0.0880 e. The molecule has 0 bridgehead atoms. The second-order valence-electron chi connectivity index (χ2n) is 14.1. The number of thiophene rings is 1. The molecule has 0 saturated heterocycles. The number of hydrogen-bond donors (Lipinski definition) is 0. The maximum absolute atomic E-state index is 2.58. The van der Waals surface area contributed by atoms with Crippen LogP contribution in [0.3, 0.4) is 0 Å². The van der Waals surface area contributed by atoms with Gasteiger partial charge in [-0.05, 0) is 88.3 Å². The Morgan fingerprint density at radius 2 is 1.27 bits per heavy atom. The van der Waals surface area contributed by atoms with E-state index in [2.05, 4.69) is 187 Å². The minimum Gasteiger partial charge on any atom is -0.328 e. The standard InChI is InChI=1S/C47H36N2S2/c1-47(2)39-19-11-9-17-36(39)37-26-25-35(29-40(37)47)48(34-23-21-32(22-24-34)31-13-5-3-6-14-31)45-28-27-43(50-45)44-30-42-46(51-44)38-18-10-12-20-41(38)49(42)33-15-7-4-8-16-33/h3-27,29-30,45H,28H2,1-2H3. The molecule has 0 N–H and O–H groups in total. The molecule has 0 spiro atoms. The number of aromatic nitrogens is 1. The molecule has 51 heavy (non-hydrogen) atoms. The summed E-state index contributed by atoms with van der Waals surface area (Å²) >= 11 is 3.92. The summed E-state index contributed by atoms with van der Waals surface area (Å²) in [5.41, 5.74) is 14.1. The summed E-state index contributed by atoms with van der Waals surface area (Å²) in [5.74, 6) is 0. The van der Waals surface area contributed by atoms with E-state index in [4.69, 9.17) is 0 Å². The van der Waals surface area contributed by atoms with E-state index < -0.39 is 0 Å². The summed E-state index contributed by atoms with van der Waals surface area (Å²) in [6.07, 6.45) is 3.43. The van der Waals surface area contributed by atoms with Crippen LogP contribution in [0.25, 0.3) is 54.0 Å². The Morgan fingerprint density at radius 1 is 0.608 bits per heavy atom. The van der Waals surface area contributed by atoms with Crippen LogP contribution in [0, 0.1) is 0 Å². The van der Waals surface area contributed by atoms with Gasteiger partial charge in [0.1, 0.15) is 0 Å². The summed E-state index contributed by atoms with van der Waals surface area (Å²) in [6, 6.07) is 57.9. The zero-order valence-corrected chi connectivity index (χ0v) is 30.2. The molecule has 0 fully saturated rings. The van der Waals surface area contributed by atoms with Gasteiger partial charge in [-0.1, -0.05) is 141 Å². The Labute approximate surface area is 307 Å². The lowest BCUT2D eigenvalue weighted by atomic mass is 9.82. The zero-order chi connectivity index (χ0) is 34.1. The number of anilines is 2. The molecule has 1 atom stereocenters. The van der Waals surface area contributed by atoms with Crippen molar-refractivity contribution >= 4 is 60.5 Å². The van der Waals surface area contributed by atoms with Crippen LogP contribution >= 0.6 is 23.1 Å². The van der Waals surface area contributed by atoms with E-state index in [0.717, 1.165) is 6.42 Å². The molecule has 2 aliphatic rings. The van der Waals surface area contributed by atoms with Gasteiger partial charge in [0.2, 0.25) is 0 Å². The highest BCUT2D eigenvalue weighted by molar-refractivity contribution is 8.09. The number of benzene rings is 6. The molecule has 1 aliphatic carbocycles. The lowest BCUT2D eigenvalue weighted by Gasteiger charge is -2.32. The van der Waals surface area contributed by atoms with Gasteiger partial charge in [0.15, 0.2) is 0 Å². The minimum atomic E-state index is -0.0601. The van der Waals surface area contributed by atoms with E-state index in [1.807, 2.05) is 23.1 Å². The normalized spacial score (nSPS) is 16.0. The molecule has 8 aromatic rings. The molecule has 10 rings (SSSR count). The van der Waals surface area contributed by atoms with Crippen molar-refractivity contribution in [3.8, 4) is 27.9 Å². The molecule has 2 nitrogen and oxygen atoms in total. The molecule has 0 amide bonds. The Morgan fingerprint density at radius 3 is 2.10 bits per heavy atom. The highest BCUT2D eigenvalue weighted by Gasteiger charge is 2.36. The summed E-state index contributed by atoms with van der Waals surface area (Å²) in [6.45, 7) is 4.74. The molecule has 1 unspecified atom stereocenters. The van der Waals surface area contributed by atoms with Crippen LogP contribution < -0.4 is 4.90 Å². The second kappa shape index (κ2) is 11.9. The number of fused-ring (bicyclic) bond motifs is 6. The van der Waals surface area contributed by atoms with Crippen molar-refractivity contribution in [1.82, 2.24) is 4.57 Å². The Hall–Kier alpha value is -5.29. The van der Waals surface area contributed by atoms with Gasteiger partial charge in [0.25, 0.3) is 0 Å². The summed E-state index contributed by atoms with van der Waals surface area (Å²) in [4.78, 5) is 5.28. The third-order valence-electron chi connectivity index (χ3n) is 10.8. The van der Waals surface area contributed by atoms with Crippen LogP contribution in [0.4, 0.5) is 11.4 Å². The van der Waals surface area contributed by atoms with Crippen molar-refractivity contribution in [2.24, 2.45) is 0 Å². The van der Waals surface area contributed by atoms with Crippen LogP contribution in [0.2, 0.25) is 0 Å². The van der Waals surface area contributed by atoms with E-state index in [9.17, 15) is 0 Å². The van der Waals surface area contributed by atoms with Crippen molar-refractivity contribution in [3.05, 3.63) is 180 Å². The lowest BCUT2D eigenvalue weighted by molar-refractivity contribution is 0.660. The topological polar surface area (TPSA) is 8.17 Å². The molecule has 246 valence electrons. The minimum absolute atomic E-state index is 0.0601. The van der Waals surface area contributed by atoms with Gasteiger partial charge in [0.05, 0.1) is 21.1 Å². The molecule has 4 heteroatoms. The molecule has 6 aromatic carbocycles. The third-order valence-corrected chi connectivity index (χ3v) is 13.4. The van der Waals surface area contributed by atoms with Crippen LogP contribution in [-0.4, -0.2) is 9.94 Å². The van der Waals surface area contributed by atoms with Crippen molar-refractivity contribution in [3.63, 3.8) is 0 Å². The molecule has 3 heterocycles. The zero-order valence-electron chi connectivity index (χ0n) is 28.6. The number of nitrogens with zero attached hydrogens (tertiary/aromatic N) is 2. The molecule has 0 radical (unpaired) electrons. The molecule has 1 aliphatic heterocycles. The number of hydrogen-bond acceptors (Lipinski definition) is 3. The lowest BCUT2D eigenvalue weighted by Crippen LogP contribution is -2.27. The fourth-order valence-corrected chi connectivity index (χ4v) is 10.8. The van der Waals surface area contributed by atoms with Gasteiger partial charge >= 0.3 is 0 Å². The van der Waals surface area contributed by atoms with Crippen molar-refractivity contribution < 1.29 is 0 Å². The van der Waals surface area contributed by atoms with E-state index in [1.165, 1.54) is 81.3 Å². The fraction of sp³-hybridized carbons (Fsp3) is 0.106. The first kappa shape index (κ1) is 30.5. The van der Waals surface area contributed by atoms with Gasteiger partial charge in [0, 0.05) is 37.6 Å². The SMILES string of the molecule is CC1(C)c2ccccc2-c2ccc(N(c3ccc(-c4ccccc4)cc3)C3CC=C(c4cc5c(s4)c4ccccc4n5-c4ccccc4)S3)cc21. The summed E-state index contributed by atoms with van der Waals surface area (Å²) < 4.78 is 3.77. The predicted molar refractivity (Wildman–Crippen MR) is 221 cm³/mol. The van der Waals surface area contributed by atoms with Crippen LogP contribution in [-0.2, 0) is 5.41 Å². The van der Waals surface area contributed by atoms with Crippen LogP contribution in [0.15, 0.2) is 164 Å². The van der Waals surface area contributed by atoms with Gasteiger partial charge in [-0.25, -0.2) is 0 Å². The van der Waals surface area contributed by atoms with Gasteiger partial charge < -0.3 is 9.47 Å². The first-order valence-electron chi connectivity index (χ1n) is 17.7. The van der Waals surface area contributed by atoms with Gasteiger partial charge in [-0.2, -0.15) is 0 Å². The summed E-state index contributed by atoms with van der Waals surface area (Å²) in [5, 5.41) is 1.54.